The molecule has 0 N–H and O–H groups in total. The Bertz CT molecular complexity index is 892. The van der Waals surface area contributed by atoms with E-state index in [4.69, 9.17) is 5.48 Å². The van der Waals surface area contributed by atoms with Gasteiger partial charge in [-0.25, -0.2) is 8.96 Å². The lowest BCUT2D eigenvalue weighted by atomic mass is 9.71. The molecule has 0 saturated heterocycles. The minimum Gasteiger partial charge on any atom is -0.207 e. The van der Waals surface area contributed by atoms with E-state index in [1.54, 1.807) is 23.9 Å². The molecule has 1 aromatic carbocycles. The second-order valence-electron chi connectivity index (χ2n) is 7.82. The Morgan fingerprint density at radius 1 is 1.21 bits per heavy atom. The van der Waals surface area contributed by atoms with Gasteiger partial charge >= 0.3 is 0 Å². The Morgan fingerprint density at radius 2 is 1.92 bits per heavy atom. The van der Waals surface area contributed by atoms with Crippen molar-refractivity contribution in [2.45, 2.75) is 59.2 Å². The Morgan fingerprint density at radius 3 is 2.54 bits per heavy atom. The van der Waals surface area contributed by atoms with Crippen LogP contribution in [0.4, 0.5) is 4.39 Å². The molecule has 1 heterocycles. The Balaban J connectivity index is 2.20. The third kappa shape index (κ3) is 3.38. The average molecular weight is 331 g/mol. The van der Waals surface area contributed by atoms with Crippen molar-refractivity contribution >= 4 is 0 Å². The summed E-state index contributed by atoms with van der Waals surface area (Å²) in [6, 6.07) is 6.47. The van der Waals surface area contributed by atoms with E-state index in [0.717, 1.165) is 29.7 Å². The molecule has 1 nitrogen and oxygen atoms in total. The number of pyridine rings is 1. The third-order valence-electron chi connectivity index (χ3n) is 5.33. The van der Waals surface area contributed by atoms with Gasteiger partial charge in [-0.2, -0.15) is 0 Å². The van der Waals surface area contributed by atoms with Crippen LogP contribution in [0.5, 0.6) is 0 Å². The van der Waals surface area contributed by atoms with Gasteiger partial charge in [-0.15, -0.1) is 0 Å². The van der Waals surface area contributed by atoms with Gasteiger partial charge in [-0.05, 0) is 80.1 Å². The van der Waals surface area contributed by atoms with Crippen LogP contribution in [0.15, 0.2) is 30.5 Å². The van der Waals surface area contributed by atoms with Crippen LogP contribution in [-0.2, 0) is 7.05 Å². The molecule has 1 fully saturated rings. The van der Waals surface area contributed by atoms with Gasteiger partial charge in [0.2, 0.25) is 5.69 Å². The van der Waals surface area contributed by atoms with Gasteiger partial charge in [0.25, 0.3) is 0 Å². The first-order valence-corrected chi connectivity index (χ1v) is 8.64. The zero-order valence-corrected chi connectivity index (χ0v) is 15.0. The van der Waals surface area contributed by atoms with Crippen LogP contribution in [-0.4, -0.2) is 0 Å². The number of hydrogen-bond acceptors (Lipinski definition) is 0. The van der Waals surface area contributed by atoms with Crippen molar-refractivity contribution in [3.05, 3.63) is 53.0 Å². The monoisotopic (exact) mass is 330 g/mol. The molecule has 0 bridgehead atoms. The van der Waals surface area contributed by atoms with Gasteiger partial charge in [0.05, 0.1) is 0 Å². The van der Waals surface area contributed by atoms with Crippen molar-refractivity contribution in [3.63, 3.8) is 0 Å². The fourth-order valence-electron chi connectivity index (χ4n) is 3.62. The molecule has 1 aliphatic rings. The van der Waals surface area contributed by atoms with Crippen LogP contribution in [0, 0.1) is 25.0 Å². The molecule has 0 spiro atoms. The van der Waals surface area contributed by atoms with Crippen LogP contribution in [0.25, 0.3) is 11.3 Å². The maximum Gasteiger partial charge on any atom is 0.212 e. The molecular weight excluding hydrogens is 297 g/mol. The van der Waals surface area contributed by atoms with Gasteiger partial charge in [0.15, 0.2) is 6.20 Å². The summed E-state index contributed by atoms with van der Waals surface area (Å²) in [7, 11) is 1.80. The molecule has 0 atom stereocenters. The lowest BCUT2D eigenvalue weighted by molar-refractivity contribution is -0.660. The maximum atomic E-state index is 13.6. The molecule has 0 radical (unpaired) electrons. The molecule has 1 saturated carbocycles. The normalized spacial score (nSPS) is 22.2. The second kappa shape index (κ2) is 6.31. The molecular formula is C22H29FN+. The molecule has 1 aliphatic carbocycles. The molecule has 0 unspecified atom stereocenters. The first kappa shape index (κ1) is 12.6. The minimum atomic E-state index is -2.29. The van der Waals surface area contributed by atoms with Crippen molar-refractivity contribution in [3.8, 4) is 11.3 Å². The zero-order valence-electron chi connectivity index (χ0n) is 19.0. The molecule has 128 valence electrons. The van der Waals surface area contributed by atoms with Crippen LogP contribution < -0.4 is 4.57 Å². The molecule has 1 aromatic heterocycles. The summed E-state index contributed by atoms with van der Waals surface area (Å²) < 4.78 is 48.6. The summed E-state index contributed by atoms with van der Waals surface area (Å²) >= 11 is 0. The lowest BCUT2D eigenvalue weighted by Crippen LogP contribution is -2.32. The van der Waals surface area contributed by atoms with Gasteiger partial charge in [0.1, 0.15) is 12.9 Å². The minimum absolute atomic E-state index is 0.181. The van der Waals surface area contributed by atoms with E-state index in [9.17, 15) is 4.39 Å². The topological polar surface area (TPSA) is 3.88 Å². The van der Waals surface area contributed by atoms with E-state index < -0.39 is 12.7 Å². The molecule has 2 heteroatoms. The number of hydrogen-bond donors (Lipinski definition) is 0. The van der Waals surface area contributed by atoms with E-state index in [-0.39, 0.29) is 16.8 Å². The van der Waals surface area contributed by atoms with Crippen LogP contribution >= 0.6 is 0 Å². The highest BCUT2D eigenvalue weighted by atomic mass is 19.1. The van der Waals surface area contributed by atoms with E-state index in [1.165, 1.54) is 12.1 Å². The molecule has 3 rings (SSSR count). The number of rotatable bonds is 2. The zero-order chi connectivity index (χ0) is 20.9. The van der Waals surface area contributed by atoms with Crippen molar-refractivity contribution in [2.24, 2.45) is 12.5 Å². The number of aryl methyl sites for hydroxylation is 3. The van der Waals surface area contributed by atoms with E-state index in [0.29, 0.717) is 18.4 Å². The fraction of sp³-hybridized carbons (Fsp3) is 0.500. The second-order valence-corrected chi connectivity index (χ2v) is 7.82. The highest BCUT2D eigenvalue weighted by molar-refractivity contribution is 5.62. The first-order chi connectivity index (χ1) is 12.8. The average Bonchev–Trinajstić information content (AvgIpc) is 2.57. The summed E-state index contributed by atoms with van der Waals surface area (Å²) in [5.74, 6) is -1.22. The van der Waals surface area contributed by atoms with Crippen molar-refractivity contribution in [2.75, 3.05) is 0 Å². The maximum absolute atomic E-state index is 13.6. The summed E-state index contributed by atoms with van der Waals surface area (Å²) in [5.41, 5.74) is 3.44. The van der Waals surface area contributed by atoms with Crippen molar-refractivity contribution in [1.82, 2.24) is 0 Å². The van der Waals surface area contributed by atoms with Gasteiger partial charge < -0.3 is 0 Å². The fourth-order valence-corrected chi connectivity index (χ4v) is 3.62. The predicted molar refractivity (Wildman–Crippen MR) is 97.5 cm³/mol. The lowest BCUT2D eigenvalue weighted by Gasteiger charge is -2.34. The van der Waals surface area contributed by atoms with E-state index in [1.807, 2.05) is 13.0 Å². The predicted octanol–water partition coefficient (Wildman–Crippen LogP) is 5.62. The van der Waals surface area contributed by atoms with Gasteiger partial charge in [0, 0.05) is 22.7 Å². The Hall–Kier alpha value is -1.70. The summed E-state index contributed by atoms with van der Waals surface area (Å²) in [4.78, 5) is 0. The first-order valence-electron chi connectivity index (χ1n) is 10.6. The van der Waals surface area contributed by atoms with Crippen LogP contribution in [0.2, 0.25) is 0 Å². The molecule has 24 heavy (non-hydrogen) atoms. The highest BCUT2D eigenvalue weighted by Gasteiger charge is 2.29. The molecule has 2 aromatic rings. The van der Waals surface area contributed by atoms with Gasteiger partial charge in [-0.1, -0.05) is 13.8 Å². The highest BCUT2D eigenvalue weighted by Crippen LogP contribution is 2.43. The molecule has 0 amide bonds. The Kier molecular flexibility index (Phi) is 3.32. The summed E-state index contributed by atoms with van der Waals surface area (Å²) in [6.07, 6.45) is 4.69. The quantitative estimate of drug-likeness (QED) is 0.629. The largest absolute Gasteiger partial charge is 0.212 e. The standard InChI is InChI=1S/C22H29FN/c1-15-12-18(23)6-7-19(15)21-13-20(16(2)14-24(21)5)17-8-10-22(3,4)11-9-17/h6-7,12-14,17H,8-11H2,1-5H3/q+1/i2D3,17D. The number of benzene rings is 1. The number of halogens is 1. The molecule has 0 aliphatic heterocycles. The van der Waals surface area contributed by atoms with Crippen LogP contribution in [0.1, 0.15) is 67.6 Å². The van der Waals surface area contributed by atoms with Crippen molar-refractivity contribution < 1.29 is 14.4 Å². The van der Waals surface area contributed by atoms with E-state index in [2.05, 4.69) is 13.8 Å². The smallest absolute Gasteiger partial charge is 0.207 e. The summed E-state index contributed by atoms with van der Waals surface area (Å²) in [6.45, 7) is 3.96. The summed E-state index contributed by atoms with van der Waals surface area (Å²) in [5, 5.41) is 0. The van der Waals surface area contributed by atoms with Gasteiger partial charge in [-0.3, -0.25) is 0 Å². The Labute approximate surface area is 151 Å². The number of aromatic nitrogens is 1. The third-order valence-corrected chi connectivity index (χ3v) is 5.33. The number of nitrogens with zero attached hydrogens (tertiary/aromatic N) is 1. The van der Waals surface area contributed by atoms with Crippen LogP contribution in [0.3, 0.4) is 0 Å². The van der Waals surface area contributed by atoms with Crippen molar-refractivity contribution in [1.29, 1.82) is 0 Å². The van der Waals surface area contributed by atoms with E-state index >= 15 is 0 Å². The SMILES string of the molecule is [2H]C([2H])([2H])c1c[n+](C)c(-c2ccc(F)cc2C)cc1C1([2H])CCC(C)(C)CC1.